The smallest absolute Gasteiger partial charge is 0.337 e. The van der Waals surface area contributed by atoms with Gasteiger partial charge in [-0.25, -0.2) is 14.3 Å². The first-order valence-corrected chi connectivity index (χ1v) is 9.52. The van der Waals surface area contributed by atoms with Crippen LogP contribution < -0.4 is 10.9 Å². The molecule has 0 spiro atoms. The van der Waals surface area contributed by atoms with Gasteiger partial charge in [-0.05, 0) is 30.7 Å². The number of ether oxygens (including phenoxy) is 2. The van der Waals surface area contributed by atoms with E-state index in [1.54, 1.807) is 24.3 Å². The fourth-order valence-corrected chi connectivity index (χ4v) is 3.13. The summed E-state index contributed by atoms with van der Waals surface area (Å²) in [6.45, 7) is 2.25. The van der Waals surface area contributed by atoms with Gasteiger partial charge < -0.3 is 14.8 Å². The highest BCUT2D eigenvalue weighted by Crippen LogP contribution is 2.20. The maximum atomic E-state index is 13.1. The third-order valence-electron chi connectivity index (χ3n) is 4.55. The van der Waals surface area contributed by atoms with Gasteiger partial charge in [-0.3, -0.25) is 9.59 Å². The normalized spacial score (nSPS) is 10.5. The fourth-order valence-electron chi connectivity index (χ4n) is 3.13. The third-order valence-corrected chi connectivity index (χ3v) is 4.55. The van der Waals surface area contributed by atoms with Crippen molar-refractivity contribution >= 4 is 34.3 Å². The maximum absolute atomic E-state index is 13.1. The summed E-state index contributed by atoms with van der Waals surface area (Å²) >= 11 is 0. The highest BCUT2D eigenvalue weighted by atomic mass is 16.5. The van der Waals surface area contributed by atoms with Crippen LogP contribution in [0.15, 0.2) is 47.3 Å². The van der Waals surface area contributed by atoms with Gasteiger partial charge in [0.15, 0.2) is 5.69 Å². The largest absolute Gasteiger partial charge is 0.465 e. The fraction of sp³-hybridized carbons (Fsp3) is 0.227. The minimum absolute atomic E-state index is 0.0479. The molecule has 3 rings (SSSR count). The molecule has 0 aliphatic heterocycles. The van der Waals surface area contributed by atoms with Gasteiger partial charge in [-0.2, -0.15) is 5.10 Å². The summed E-state index contributed by atoms with van der Waals surface area (Å²) in [6, 6.07) is 10.8. The Bertz CT molecular complexity index is 1200. The van der Waals surface area contributed by atoms with Crippen molar-refractivity contribution in [3.63, 3.8) is 0 Å². The van der Waals surface area contributed by atoms with Gasteiger partial charge in [0, 0.05) is 17.6 Å². The van der Waals surface area contributed by atoms with Crippen molar-refractivity contribution in [1.29, 1.82) is 0 Å². The lowest BCUT2D eigenvalue weighted by Crippen LogP contribution is -2.27. The van der Waals surface area contributed by atoms with E-state index in [1.165, 1.54) is 37.1 Å². The van der Waals surface area contributed by atoms with E-state index in [1.807, 2.05) is 6.92 Å². The Kier molecular flexibility index (Phi) is 6.44. The number of aromatic nitrogens is 2. The molecule has 1 aromatic heterocycles. The molecule has 9 nitrogen and oxygen atoms in total. The third kappa shape index (κ3) is 4.45. The number of aryl methyl sites for hydroxylation is 1. The van der Waals surface area contributed by atoms with Crippen LogP contribution in [0.5, 0.6) is 0 Å². The molecule has 31 heavy (non-hydrogen) atoms. The minimum atomic E-state index is -0.679. The molecule has 0 saturated carbocycles. The predicted molar refractivity (Wildman–Crippen MR) is 113 cm³/mol. The van der Waals surface area contributed by atoms with Crippen LogP contribution in [0.2, 0.25) is 0 Å². The maximum Gasteiger partial charge on any atom is 0.337 e. The summed E-state index contributed by atoms with van der Waals surface area (Å²) in [5.41, 5.74) is 0.0674. The molecule has 3 aromatic rings. The van der Waals surface area contributed by atoms with E-state index in [9.17, 15) is 19.2 Å². The summed E-state index contributed by atoms with van der Waals surface area (Å²) in [4.78, 5) is 49.7. The standard InChI is InChI=1S/C22H21N3O6/c1-4-9-25-20(27)17-8-6-5-7-16(17)18(24-25)19(26)23-15-11-13(21(28)30-2)10-14(12-15)22(29)31-3/h5-8,10-12H,4,9H2,1-3H3,(H,23,26). The summed E-state index contributed by atoms with van der Waals surface area (Å²) in [6.07, 6.45) is 0.663. The van der Waals surface area contributed by atoms with E-state index < -0.39 is 17.8 Å². The second-order valence-electron chi connectivity index (χ2n) is 6.66. The number of anilines is 1. The van der Waals surface area contributed by atoms with E-state index in [0.29, 0.717) is 23.7 Å². The number of nitrogens with zero attached hydrogens (tertiary/aromatic N) is 2. The van der Waals surface area contributed by atoms with Gasteiger partial charge in [0.1, 0.15) is 0 Å². The van der Waals surface area contributed by atoms with Crippen LogP contribution >= 0.6 is 0 Å². The number of benzene rings is 2. The first-order valence-electron chi connectivity index (χ1n) is 9.52. The lowest BCUT2D eigenvalue weighted by atomic mass is 10.1. The molecule has 2 aromatic carbocycles. The number of fused-ring (bicyclic) bond motifs is 1. The molecule has 1 amide bonds. The Hall–Kier alpha value is -4.01. The summed E-state index contributed by atoms with van der Waals surface area (Å²) in [5.74, 6) is -1.96. The van der Waals surface area contributed by atoms with Crippen molar-refractivity contribution in [3.8, 4) is 0 Å². The van der Waals surface area contributed by atoms with Gasteiger partial charge in [0.05, 0.1) is 30.7 Å². The van der Waals surface area contributed by atoms with Crippen LogP contribution in [0.1, 0.15) is 44.5 Å². The zero-order chi connectivity index (χ0) is 22.5. The van der Waals surface area contributed by atoms with Crippen molar-refractivity contribution in [1.82, 2.24) is 9.78 Å². The molecule has 1 N–H and O–H groups in total. The number of carbonyl (C=O) groups excluding carboxylic acids is 3. The number of rotatable bonds is 6. The average molecular weight is 423 g/mol. The molecule has 0 saturated heterocycles. The van der Waals surface area contributed by atoms with Crippen LogP contribution in [0.4, 0.5) is 5.69 Å². The Labute approximate surface area is 177 Å². The zero-order valence-corrected chi connectivity index (χ0v) is 17.3. The number of nitrogens with one attached hydrogen (secondary N) is 1. The highest BCUT2D eigenvalue weighted by molar-refractivity contribution is 6.11. The molecule has 0 radical (unpaired) electrons. The Morgan fingerprint density at radius 2 is 1.55 bits per heavy atom. The van der Waals surface area contributed by atoms with Crippen LogP contribution in [0.3, 0.4) is 0 Å². The lowest BCUT2D eigenvalue weighted by Gasteiger charge is -2.12. The Morgan fingerprint density at radius 3 is 2.10 bits per heavy atom. The summed E-state index contributed by atoms with van der Waals surface area (Å²) in [7, 11) is 2.41. The molecule has 0 fully saturated rings. The van der Waals surface area contributed by atoms with Gasteiger partial charge in [0.2, 0.25) is 0 Å². The molecule has 0 atom stereocenters. The number of hydrogen-bond donors (Lipinski definition) is 1. The van der Waals surface area contributed by atoms with Crippen molar-refractivity contribution in [2.45, 2.75) is 19.9 Å². The predicted octanol–water partition coefficient (Wildman–Crippen LogP) is 2.63. The van der Waals surface area contributed by atoms with E-state index in [4.69, 9.17) is 9.47 Å². The first-order chi connectivity index (χ1) is 14.9. The zero-order valence-electron chi connectivity index (χ0n) is 17.3. The van der Waals surface area contributed by atoms with E-state index in [-0.39, 0.29) is 28.1 Å². The number of amides is 1. The number of esters is 2. The topological polar surface area (TPSA) is 117 Å². The van der Waals surface area contributed by atoms with Crippen molar-refractivity contribution in [2.24, 2.45) is 0 Å². The number of carbonyl (C=O) groups is 3. The minimum Gasteiger partial charge on any atom is -0.465 e. The van der Waals surface area contributed by atoms with Gasteiger partial charge in [-0.15, -0.1) is 0 Å². The van der Waals surface area contributed by atoms with Crippen molar-refractivity contribution < 1.29 is 23.9 Å². The van der Waals surface area contributed by atoms with Gasteiger partial charge in [0.25, 0.3) is 11.5 Å². The van der Waals surface area contributed by atoms with E-state index in [0.717, 1.165) is 0 Å². The Morgan fingerprint density at radius 1 is 0.968 bits per heavy atom. The molecule has 0 aliphatic carbocycles. The summed E-state index contributed by atoms with van der Waals surface area (Å²) < 4.78 is 10.7. The molecule has 0 unspecified atom stereocenters. The molecular formula is C22H21N3O6. The van der Waals surface area contributed by atoms with Gasteiger partial charge >= 0.3 is 11.9 Å². The van der Waals surface area contributed by atoms with Crippen LogP contribution in [0, 0.1) is 0 Å². The summed E-state index contributed by atoms with van der Waals surface area (Å²) in [5, 5.41) is 7.66. The number of hydrogen-bond acceptors (Lipinski definition) is 7. The molecule has 1 heterocycles. The van der Waals surface area contributed by atoms with Crippen molar-refractivity contribution in [3.05, 3.63) is 69.6 Å². The van der Waals surface area contributed by atoms with Crippen LogP contribution in [0.25, 0.3) is 10.8 Å². The molecular weight excluding hydrogens is 402 g/mol. The molecule has 9 heteroatoms. The number of methoxy groups -OCH3 is 2. The van der Waals surface area contributed by atoms with Crippen LogP contribution in [-0.2, 0) is 16.0 Å². The Balaban J connectivity index is 2.08. The molecule has 160 valence electrons. The van der Waals surface area contributed by atoms with Gasteiger partial charge in [-0.1, -0.05) is 25.1 Å². The van der Waals surface area contributed by atoms with Crippen LogP contribution in [-0.4, -0.2) is 41.8 Å². The second kappa shape index (κ2) is 9.21. The highest BCUT2D eigenvalue weighted by Gasteiger charge is 2.19. The molecule has 0 aliphatic rings. The molecule has 0 bridgehead atoms. The van der Waals surface area contributed by atoms with E-state index >= 15 is 0 Å². The quantitative estimate of drug-likeness (QED) is 0.606. The van der Waals surface area contributed by atoms with Crippen molar-refractivity contribution in [2.75, 3.05) is 19.5 Å². The second-order valence-corrected chi connectivity index (χ2v) is 6.66. The monoisotopic (exact) mass is 423 g/mol. The van der Waals surface area contributed by atoms with E-state index in [2.05, 4.69) is 10.4 Å². The first kappa shape index (κ1) is 21.7. The SMILES string of the molecule is CCCn1nc(C(=O)Nc2cc(C(=O)OC)cc(C(=O)OC)c2)c2ccccc2c1=O. The average Bonchev–Trinajstić information content (AvgIpc) is 2.79. The lowest BCUT2D eigenvalue weighted by molar-refractivity contribution is 0.0599.